The van der Waals surface area contributed by atoms with Crippen LogP contribution in [0.5, 0.6) is 0 Å². The van der Waals surface area contributed by atoms with Crippen molar-refractivity contribution < 1.29 is 14.6 Å². The van der Waals surface area contributed by atoms with Gasteiger partial charge in [0.2, 0.25) is 0 Å². The van der Waals surface area contributed by atoms with E-state index in [1.807, 2.05) is 34.6 Å². The van der Waals surface area contributed by atoms with Crippen LogP contribution in [0.2, 0.25) is 0 Å². The summed E-state index contributed by atoms with van der Waals surface area (Å²) < 4.78 is 0. The standard InChI is InChI=1S/C10H20O3/c1-7(8(2)11)9(3)12-13-10(4,5)6/h7,9H,1-6H3. The minimum Gasteiger partial charge on any atom is -0.300 e. The first-order valence-electron chi connectivity index (χ1n) is 4.59. The van der Waals surface area contributed by atoms with Gasteiger partial charge >= 0.3 is 0 Å². The van der Waals surface area contributed by atoms with E-state index >= 15 is 0 Å². The fraction of sp³-hybridized carbons (Fsp3) is 0.900. The number of hydrogen-bond acceptors (Lipinski definition) is 3. The fourth-order valence-electron chi connectivity index (χ4n) is 0.634. The van der Waals surface area contributed by atoms with Crippen LogP contribution in [0.25, 0.3) is 0 Å². The molecular weight excluding hydrogens is 168 g/mol. The molecule has 0 aliphatic heterocycles. The van der Waals surface area contributed by atoms with Gasteiger partial charge in [-0.1, -0.05) is 6.92 Å². The van der Waals surface area contributed by atoms with Crippen molar-refractivity contribution in [2.75, 3.05) is 0 Å². The molecule has 0 saturated carbocycles. The monoisotopic (exact) mass is 188 g/mol. The molecule has 3 nitrogen and oxygen atoms in total. The highest BCUT2D eigenvalue weighted by Crippen LogP contribution is 2.13. The van der Waals surface area contributed by atoms with Crippen molar-refractivity contribution in [3.05, 3.63) is 0 Å². The summed E-state index contributed by atoms with van der Waals surface area (Å²) in [7, 11) is 0. The van der Waals surface area contributed by atoms with E-state index < -0.39 is 0 Å². The summed E-state index contributed by atoms with van der Waals surface area (Å²) in [5, 5.41) is 0. The first-order chi connectivity index (χ1) is 5.74. The molecule has 0 aliphatic carbocycles. The number of rotatable bonds is 4. The highest BCUT2D eigenvalue weighted by Gasteiger charge is 2.21. The zero-order valence-electron chi connectivity index (χ0n) is 9.38. The van der Waals surface area contributed by atoms with E-state index in [9.17, 15) is 4.79 Å². The van der Waals surface area contributed by atoms with Crippen LogP contribution in [0.1, 0.15) is 41.5 Å². The summed E-state index contributed by atoms with van der Waals surface area (Å²) >= 11 is 0. The molecule has 0 amide bonds. The zero-order chi connectivity index (χ0) is 10.6. The van der Waals surface area contributed by atoms with E-state index in [-0.39, 0.29) is 23.4 Å². The van der Waals surface area contributed by atoms with Gasteiger partial charge in [0.05, 0.1) is 11.7 Å². The zero-order valence-corrected chi connectivity index (χ0v) is 9.38. The molecule has 0 spiro atoms. The van der Waals surface area contributed by atoms with Crippen LogP contribution in [0.15, 0.2) is 0 Å². The molecule has 0 aromatic rings. The summed E-state index contributed by atoms with van der Waals surface area (Å²) in [4.78, 5) is 21.2. The largest absolute Gasteiger partial charge is 0.300 e. The van der Waals surface area contributed by atoms with Crippen LogP contribution in [-0.4, -0.2) is 17.5 Å². The van der Waals surface area contributed by atoms with Gasteiger partial charge in [-0.15, -0.1) is 0 Å². The summed E-state index contributed by atoms with van der Waals surface area (Å²) in [5.41, 5.74) is -0.329. The lowest BCUT2D eigenvalue weighted by atomic mass is 10.0. The maximum absolute atomic E-state index is 11.0. The third-order valence-electron chi connectivity index (χ3n) is 1.80. The second-order valence-corrected chi connectivity index (χ2v) is 4.40. The van der Waals surface area contributed by atoms with E-state index in [2.05, 4.69) is 0 Å². The van der Waals surface area contributed by atoms with Crippen LogP contribution in [-0.2, 0) is 14.6 Å². The first-order valence-corrected chi connectivity index (χ1v) is 4.59. The van der Waals surface area contributed by atoms with E-state index in [4.69, 9.17) is 9.78 Å². The maximum atomic E-state index is 11.0. The minimum absolute atomic E-state index is 0.116. The smallest absolute Gasteiger partial charge is 0.135 e. The average Bonchev–Trinajstić information content (AvgIpc) is 1.97. The van der Waals surface area contributed by atoms with Crippen molar-refractivity contribution in [3.63, 3.8) is 0 Å². The Balaban J connectivity index is 3.88. The molecule has 2 atom stereocenters. The lowest BCUT2D eigenvalue weighted by Gasteiger charge is -2.23. The molecule has 0 aromatic heterocycles. The number of Topliss-reactive ketones (excluding diaryl/α,β-unsaturated/α-hetero) is 1. The Hall–Kier alpha value is -0.410. The molecule has 78 valence electrons. The predicted molar refractivity (Wildman–Crippen MR) is 51.2 cm³/mol. The van der Waals surface area contributed by atoms with Gasteiger partial charge in [-0.3, -0.25) is 4.79 Å². The molecular formula is C10H20O3. The third-order valence-corrected chi connectivity index (χ3v) is 1.80. The van der Waals surface area contributed by atoms with Gasteiger partial charge in [-0.2, -0.15) is 0 Å². The van der Waals surface area contributed by atoms with E-state index in [1.54, 1.807) is 6.92 Å². The van der Waals surface area contributed by atoms with Gasteiger partial charge < -0.3 is 0 Å². The molecule has 13 heavy (non-hydrogen) atoms. The summed E-state index contributed by atoms with van der Waals surface area (Å²) in [6.45, 7) is 10.9. The van der Waals surface area contributed by atoms with Gasteiger partial charge in [0.25, 0.3) is 0 Å². The van der Waals surface area contributed by atoms with Gasteiger partial charge in [-0.25, -0.2) is 9.78 Å². The Morgan fingerprint density at radius 2 is 1.69 bits per heavy atom. The van der Waals surface area contributed by atoms with Crippen LogP contribution >= 0.6 is 0 Å². The number of hydrogen-bond donors (Lipinski definition) is 0. The Morgan fingerprint density at radius 3 is 2.00 bits per heavy atom. The molecule has 2 unspecified atom stereocenters. The maximum Gasteiger partial charge on any atom is 0.135 e. The molecule has 0 aromatic carbocycles. The molecule has 0 saturated heterocycles. The van der Waals surface area contributed by atoms with Crippen molar-refractivity contribution in [2.45, 2.75) is 53.2 Å². The van der Waals surface area contributed by atoms with Gasteiger partial charge in [0, 0.05) is 5.92 Å². The Morgan fingerprint density at radius 1 is 1.23 bits per heavy atom. The van der Waals surface area contributed by atoms with Crippen molar-refractivity contribution >= 4 is 5.78 Å². The second kappa shape index (κ2) is 4.72. The van der Waals surface area contributed by atoms with Gasteiger partial charge in [0.1, 0.15) is 5.78 Å². The summed E-state index contributed by atoms with van der Waals surface area (Å²) in [6, 6.07) is 0. The van der Waals surface area contributed by atoms with Crippen LogP contribution in [0, 0.1) is 5.92 Å². The SMILES string of the molecule is CC(=O)C(C)C(C)OOC(C)(C)C. The lowest BCUT2D eigenvalue weighted by Crippen LogP contribution is -2.29. The molecule has 0 N–H and O–H groups in total. The quantitative estimate of drug-likeness (QED) is 0.502. The van der Waals surface area contributed by atoms with Crippen molar-refractivity contribution in [3.8, 4) is 0 Å². The number of ketones is 1. The first kappa shape index (κ1) is 12.6. The Kier molecular flexibility index (Phi) is 4.57. The van der Waals surface area contributed by atoms with Crippen LogP contribution in [0.3, 0.4) is 0 Å². The topological polar surface area (TPSA) is 35.5 Å². The highest BCUT2D eigenvalue weighted by molar-refractivity contribution is 5.78. The lowest BCUT2D eigenvalue weighted by molar-refractivity contribution is -0.374. The average molecular weight is 188 g/mol. The van der Waals surface area contributed by atoms with E-state index in [0.717, 1.165) is 0 Å². The normalized spacial score (nSPS) is 16.8. The number of carbonyl (C=O) groups is 1. The third kappa shape index (κ3) is 5.77. The molecule has 0 fully saturated rings. The second-order valence-electron chi connectivity index (χ2n) is 4.40. The molecule has 0 rings (SSSR count). The summed E-state index contributed by atoms with van der Waals surface area (Å²) in [6.07, 6.45) is -0.197. The number of carbonyl (C=O) groups excluding carboxylic acids is 1. The molecule has 0 heterocycles. The summed E-state index contributed by atoms with van der Waals surface area (Å²) in [5.74, 6) is -0.00707. The molecule has 3 heteroatoms. The Labute approximate surface area is 80.3 Å². The minimum atomic E-state index is -0.329. The van der Waals surface area contributed by atoms with Crippen molar-refractivity contribution in [1.82, 2.24) is 0 Å². The van der Waals surface area contributed by atoms with Crippen LogP contribution in [0.4, 0.5) is 0 Å². The van der Waals surface area contributed by atoms with Crippen molar-refractivity contribution in [2.24, 2.45) is 5.92 Å². The molecule has 0 radical (unpaired) electrons. The van der Waals surface area contributed by atoms with Crippen LogP contribution < -0.4 is 0 Å². The van der Waals surface area contributed by atoms with Gasteiger partial charge in [-0.05, 0) is 34.6 Å². The fourth-order valence-corrected chi connectivity index (χ4v) is 0.634. The van der Waals surface area contributed by atoms with E-state index in [1.165, 1.54) is 0 Å². The highest BCUT2D eigenvalue weighted by atomic mass is 17.2. The van der Waals surface area contributed by atoms with E-state index in [0.29, 0.717) is 0 Å². The predicted octanol–water partition coefficient (Wildman–Crippen LogP) is 2.35. The molecule has 0 bridgehead atoms. The Bertz CT molecular complexity index is 169. The molecule has 0 aliphatic rings. The van der Waals surface area contributed by atoms with Gasteiger partial charge in [0.15, 0.2) is 0 Å². The van der Waals surface area contributed by atoms with Crippen molar-refractivity contribution in [1.29, 1.82) is 0 Å².